The van der Waals surface area contributed by atoms with Crippen LogP contribution in [0.5, 0.6) is 0 Å². The normalized spacial score (nSPS) is 14.1. The summed E-state index contributed by atoms with van der Waals surface area (Å²) in [5.74, 6) is 0. The lowest BCUT2D eigenvalue weighted by Gasteiger charge is -2.02. The fraction of sp³-hybridized carbons (Fsp3) is 1.00. The van der Waals surface area contributed by atoms with E-state index < -0.39 is 0 Å². The van der Waals surface area contributed by atoms with E-state index in [1.807, 2.05) is 6.92 Å². The first-order chi connectivity index (χ1) is 3.31. The molecule has 0 heterocycles. The second-order valence-corrected chi connectivity index (χ2v) is 4.95. The van der Waals surface area contributed by atoms with Gasteiger partial charge in [0.2, 0.25) is 0 Å². The maximum absolute atomic E-state index is 5.17. The van der Waals surface area contributed by atoms with E-state index in [0.29, 0.717) is 0 Å². The summed E-state index contributed by atoms with van der Waals surface area (Å²) < 4.78 is 5.17. The highest BCUT2D eigenvalue weighted by atomic mass is 79.9. The molecule has 0 aliphatic rings. The summed E-state index contributed by atoms with van der Waals surface area (Å²) in [5, 5.41) is 0. The molecule has 1 atom stereocenters. The Balaban J connectivity index is 2.83. The van der Waals surface area contributed by atoms with Crippen LogP contribution < -0.4 is 0 Å². The molecule has 0 aromatic carbocycles. The van der Waals surface area contributed by atoms with Gasteiger partial charge in [0.15, 0.2) is 0 Å². The Kier molecular flexibility index (Phi) is 5.64. The van der Waals surface area contributed by atoms with Crippen LogP contribution in [0.4, 0.5) is 0 Å². The molecular weight excluding hydrogens is 175 g/mol. The smallest absolute Gasteiger partial charge is 0.0981 e. The average molecular weight is 185 g/mol. The molecule has 0 spiro atoms. The van der Waals surface area contributed by atoms with Gasteiger partial charge in [-0.3, -0.25) is 0 Å². The zero-order valence-corrected chi connectivity index (χ0v) is 7.13. The zero-order valence-electron chi connectivity index (χ0n) is 4.65. The molecule has 0 aromatic heterocycles. The summed E-state index contributed by atoms with van der Waals surface area (Å²) in [6, 6.07) is 0. The first-order valence-electron chi connectivity index (χ1n) is 2.37. The third-order valence-electron chi connectivity index (χ3n) is 0.518. The van der Waals surface area contributed by atoms with Crippen LogP contribution in [-0.2, 0) is 4.52 Å². The maximum atomic E-state index is 5.17. The first kappa shape index (κ1) is 7.87. The predicted octanol–water partition coefficient (Wildman–Crippen LogP) is 2.75. The van der Waals surface area contributed by atoms with Crippen molar-refractivity contribution >= 4 is 22.3 Å². The molecule has 0 saturated carbocycles. The molecule has 0 rings (SSSR count). The molecule has 0 N–H and O–H groups in total. The van der Waals surface area contributed by atoms with Crippen LogP contribution in [0, 0.1) is 0 Å². The summed E-state index contributed by atoms with van der Waals surface area (Å²) in [6.07, 6.45) is 1.10. The third-order valence-corrected chi connectivity index (χ3v) is 3.67. The molecule has 1 nitrogen and oxygen atoms in total. The maximum Gasteiger partial charge on any atom is 0.0981 e. The van der Waals surface area contributed by atoms with Gasteiger partial charge in [0.1, 0.15) is 0 Å². The minimum atomic E-state index is -0.266. The highest BCUT2D eigenvalue weighted by Gasteiger charge is 1.94. The molecule has 0 amide bonds. The number of hydrogen-bond acceptors (Lipinski definition) is 1. The van der Waals surface area contributed by atoms with Gasteiger partial charge in [-0.2, -0.15) is 0 Å². The van der Waals surface area contributed by atoms with Crippen LogP contribution in [0.1, 0.15) is 13.8 Å². The summed E-state index contributed by atoms with van der Waals surface area (Å²) in [5.41, 5.74) is 0. The monoisotopic (exact) mass is 184 g/mol. The third kappa shape index (κ3) is 4.73. The lowest BCUT2D eigenvalue weighted by molar-refractivity contribution is 0.388. The predicted molar refractivity (Wildman–Crippen MR) is 38.0 cm³/mol. The van der Waals surface area contributed by atoms with Crippen molar-refractivity contribution < 1.29 is 4.52 Å². The summed E-state index contributed by atoms with van der Waals surface area (Å²) in [6.45, 7) is 4.67. The molecule has 0 aliphatic carbocycles. The highest BCUT2D eigenvalue weighted by molar-refractivity contribution is 9.38. The SMILES string of the molecule is CCOP(Br)CC. The van der Waals surface area contributed by atoms with Gasteiger partial charge < -0.3 is 4.52 Å². The van der Waals surface area contributed by atoms with Crippen LogP contribution in [0.25, 0.3) is 0 Å². The van der Waals surface area contributed by atoms with Gasteiger partial charge in [-0.25, -0.2) is 0 Å². The minimum Gasteiger partial charge on any atom is -0.348 e. The van der Waals surface area contributed by atoms with Crippen LogP contribution >= 0.6 is 22.3 Å². The van der Waals surface area contributed by atoms with Crippen molar-refractivity contribution in [2.75, 3.05) is 12.8 Å². The molecular formula is C4H10BrOP. The Morgan fingerprint density at radius 1 is 1.57 bits per heavy atom. The van der Waals surface area contributed by atoms with Crippen molar-refractivity contribution in [1.29, 1.82) is 0 Å². The highest BCUT2D eigenvalue weighted by Crippen LogP contribution is 2.44. The zero-order chi connectivity index (χ0) is 5.70. The Morgan fingerprint density at radius 3 is 2.29 bits per heavy atom. The Morgan fingerprint density at radius 2 is 2.14 bits per heavy atom. The van der Waals surface area contributed by atoms with E-state index in [-0.39, 0.29) is 6.85 Å². The first-order valence-corrected chi connectivity index (χ1v) is 5.83. The van der Waals surface area contributed by atoms with Gasteiger partial charge in [-0.15, -0.1) is 0 Å². The average Bonchev–Trinajstić information content (AvgIpc) is 1.68. The number of rotatable bonds is 3. The Bertz CT molecular complexity index is 42.7. The Labute approximate surface area is 54.0 Å². The van der Waals surface area contributed by atoms with Gasteiger partial charge in [-0.1, -0.05) is 6.92 Å². The van der Waals surface area contributed by atoms with Gasteiger partial charge >= 0.3 is 0 Å². The number of halogens is 1. The molecule has 0 aromatic rings. The van der Waals surface area contributed by atoms with E-state index in [4.69, 9.17) is 4.52 Å². The van der Waals surface area contributed by atoms with Gasteiger partial charge in [0.25, 0.3) is 0 Å². The van der Waals surface area contributed by atoms with Crippen molar-refractivity contribution in [1.82, 2.24) is 0 Å². The van der Waals surface area contributed by atoms with Gasteiger partial charge in [-0.05, 0) is 28.6 Å². The minimum absolute atomic E-state index is 0.266. The van der Waals surface area contributed by atoms with E-state index in [9.17, 15) is 0 Å². The number of hydrogen-bond donors (Lipinski definition) is 0. The molecule has 1 unspecified atom stereocenters. The largest absolute Gasteiger partial charge is 0.348 e. The van der Waals surface area contributed by atoms with E-state index in [2.05, 4.69) is 22.4 Å². The molecule has 0 bridgehead atoms. The lowest BCUT2D eigenvalue weighted by Crippen LogP contribution is -1.78. The second kappa shape index (κ2) is 5.02. The molecule has 3 heteroatoms. The van der Waals surface area contributed by atoms with Crippen LogP contribution in [-0.4, -0.2) is 12.8 Å². The molecule has 0 fully saturated rings. The van der Waals surface area contributed by atoms with Crippen molar-refractivity contribution in [3.63, 3.8) is 0 Å². The van der Waals surface area contributed by atoms with E-state index in [0.717, 1.165) is 12.8 Å². The van der Waals surface area contributed by atoms with Crippen LogP contribution in [0.2, 0.25) is 0 Å². The van der Waals surface area contributed by atoms with Crippen molar-refractivity contribution in [2.24, 2.45) is 0 Å². The van der Waals surface area contributed by atoms with E-state index >= 15 is 0 Å². The molecule has 0 saturated heterocycles. The van der Waals surface area contributed by atoms with Crippen molar-refractivity contribution in [2.45, 2.75) is 13.8 Å². The van der Waals surface area contributed by atoms with Crippen LogP contribution in [0.15, 0.2) is 0 Å². The topological polar surface area (TPSA) is 9.23 Å². The summed E-state index contributed by atoms with van der Waals surface area (Å²) in [7, 11) is 0. The van der Waals surface area contributed by atoms with Gasteiger partial charge in [0, 0.05) is 6.61 Å². The fourth-order valence-corrected chi connectivity index (χ4v) is 1.31. The Hall–Kier alpha value is 0.870. The lowest BCUT2D eigenvalue weighted by atomic mass is 10.9. The summed E-state index contributed by atoms with van der Waals surface area (Å²) >= 11 is 3.38. The standard InChI is InChI=1S/C4H10BrOP/c1-3-6-7(5)4-2/h3-4H2,1-2H3. The fourth-order valence-electron chi connectivity index (χ4n) is 0.231. The molecule has 44 valence electrons. The quantitative estimate of drug-likeness (QED) is 0.614. The second-order valence-electron chi connectivity index (χ2n) is 1.05. The van der Waals surface area contributed by atoms with Crippen LogP contribution in [0.3, 0.4) is 0 Å². The van der Waals surface area contributed by atoms with Gasteiger partial charge in [0.05, 0.1) is 6.85 Å². The molecule has 0 radical (unpaired) electrons. The van der Waals surface area contributed by atoms with Crippen molar-refractivity contribution in [3.8, 4) is 0 Å². The van der Waals surface area contributed by atoms with E-state index in [1.165, 1.54) is 0 Å². The van der Waals surface area contributed by atoms with E-state index in [1.54, 1.807) is 0 Å². The molecule has 0 aliphatic heterocycles. The molecule has 7 heavy (non-hydrogen) atoms. The van der Waals surface area contributed by atoms with Crippen molar-refractivity contribution in [3.05, 3.63) is 0 Å². The summed E-state index contributed by atoms with van der Waals surface area (Å²) in [4.78, 5) is 0.